The third-order valence-electron chi connectivity index (χ3n) is 1.25. The van der Waals surface area contributed by atoms with Crippen LogP contribution < -0.4 is 4.65 Å². The number of rotatable bonds is 2. The molecule has 0 amide bonds. The second-order valence-electron chi connectivity index (χ2n) is 1.99. The number of nitrogens with one attached hydrogen (secondary N) is 1. The van der Waals surface area contributed by atoms with Gasteiger partial charge in [0.1, 0.15) is 0 Å². The summed E-state index contributed by atoms with van der Waals surface area (Å²) in [5.41, 5.74) is 0.0819. The average Bonchev–Trinajstić information content (AvgIpc) is 2.08. The van der Waals surface area contributed by atoms with Gasteiger partial charge in [0.2, 0.25) is 0 Å². The van der Waals surface area contributed by atoms with Crippen LogP contribution in [-0.2, 0) is 0 Å². The Kier molecular flexibility index (Phi) is 2.54. The van der Waals surface area contributed by atoms with Crippen molar-refractivity contribution in [1.29, 1.82) is 10.6 Å². The molecule has 0 fully saturated rings. The molecule has 0 bridgehead atoms. The van der Waals surface area contributed by atoms with Gasteiger partial charge in [0.15, 0.2) is 0 Å². The Morgan fingerprint density at radius 3 is 2.92 bits per heavy atom. The molecule has 0 heterocycles. The van der Waals surface area contributed by atoms with Crippen molar-refractivity contribution in [2.75, 3.05) is 0 Å². The summed E-state index contributed by atoms with van der Waals surface area (Å²) in [6.07, 6.45) is 0. The summed E-state index contributed by atoms with van der Waals surface area (Å²) >= 11 is 0. The van der Waals surface area contributed by atoms with Crippen molar-refractivity contribution >= 4 is 7.27 Å². The van der Waals surface area contributed by atoms with Gasteiger partial charge < -0.3 is 0 Å². The van der Waals surface area contributed by atoms with Crippen molar-refractivity contribution in [2.45, 2.75) is 0 Å². The number of nitriles is 1. The minimum atomic E-state index is -0.496. The maximum absolute atomic E-state index is 12.5. The predicted molar refractivity (Wildman–Crippen MR) is 40.2 cm³/mol. The molecular formula is C7H4BFN2O. The summed E-state index contributed by atoms with van der Waals surface area (Å²) in [4.78, 5) is 0. The maximum atomic E-state index is 12.5. The SMILES string of the molecule is N#Cc1cc(F)ccc1OB=N. The molecule has 0 aliphatic carbocycles. The molecular weight excluding hydrogens is 158 g/mol. The fraction of sp³-hybridized carbons (Fsp3) is 0. The van der Waals surface area contributed by atoms with E-state index in [0.29, 0.717) is 7.27 Å². The van der Waals surface area contributed by atoms with Crippen LogP contribution in [0, 0.1) is 22.5 Å². The summed E-state index contributed by atoms with van der Waals surface area (Å²) in [7, 11) is 0.689. The normalized spacial score (nSPS) is 8.33. The van der Waals surface area contributed by atoms with E-state index in [1.807, 2.05) is 0 Å². The first-order valence-electron chi connectivity index (χ1n) is 3.13. The van der Waals surface area contributed by atoms with E-state index in [-0.39, 0.29) is 11.3 Å². The zero-order valence-electron chi connectivity index (χ0n) is 6.04. The molecule has 0 spiro atoms. The molecule has 0 saturated heterocycles. The number of halogens is 1. The van der Waals surface area contributed by atoms with Gasteiger partial charge in [-0.25, -0.2) is 0 Å². The van der Waals surface area contributed by atoms with Gasteiger partial charge >= 0.3 is 68.3 Å². The van der Waals surface area contributed by atoms with E-state index in [2.05, 4.69) is 4.65 Å². The second-order valence-corrected chi connectivity index (χ2v) is 1.99. The quantitative estimate of drug-likeness (QED) is 0.669. The number of hydrogen-bond donors (Lipinski definition) is 1. The van der Waals surface area contributed by atoms with Crippen LogP contribution in [0.3, 0.4) is 0 Å². The van der Waals surface area contributed by atoms with Crippen molar-refractivity contribution in [2.24, 2.45) is 0 Å². The zero-order chi connectivity index (χ0) is 8.97. The van der Waals surface area contributed by atoms with E-state index in [1.165, 1.54) is 12.1 Å². The summed E-state index contributed by atoms with van der Waals surface area (Å²) in [6.45, 7) is 0. The molecule has 0 aromatic heterocycles. The van der Waals surface area contributed by atoms with Gasteiger partial charge in [-0.05, 0) is 0 Å². The predicted octanol–water partition coefficient (Wildman–Crippen LogP) is 1.46. The van der Waals surface area contributed by atoms with Crippen LogP contribution in [0.4, 0.5) is 4.39 Å². The van der Waals surface area contributed by atoms with E-state index in [9.17, 15) is 4.39 Å². The van der Waals surface area contributed by atoms with Gasteiger partial charge in [-0.2, -0.15) is 0 Å². The molecule has 0 saturated carbocycles. The van der Waals surface area contributed by atoms with Crippen molar-refractivity contribution in [3.8, 4) is 11.8 Å². The standard InChI is InChI=1S/C7H4BFN2O/c9-6-1-2-7(12-8-11)5(3-6)4-10/h1-3,11H. The van der Waals surface area contributed by atoms with Crippen molar-refractivity contribution in [1.82, 2.24) is 0 Å². The minimum absolute atomic E-state index is 0.0819. The molecule has 1 N–H and O–H groups in total. The third kappa shape index (κ3) is 1.67. The van der Waals surface area contributed by atoms with Crippen molar-refractivity contribution in [3.63, 3.8) is 0 Å². The molecule has 3 nitrogen and oxygen atoms in total. The van der Waals surface area contributed by atoms with Crippen LogP contribution in [0.1, 0.15) is 5.56 Å². The molecule has 0 atom stereocenters. The summed E-state index contributed by atoms with van der Waals surface area (Å²) in [5.74, 6) is -0.308. The van der Waals surface area contributed by atoms with E-state index >= 15 is 0 Å². The molecule has 0 radical (unpaired) electrons. The van der Waals surface area contributed by atoms with Crippen LogP contribution in [-0.4, -0.2) is 7.27 Å². The molecule has 1 aromatic rings. The Bertz CT molecular complexity index is 348. The zero-order valence-corrected chi connectivity index (χ0v) is 6.04. The molecule has 5 heteroatoms. The molecule has 58 valence electrons. The Hall–Kier alpha value is -1.70. The first-order chi connectivity index (χ1) is 5.77. The molecule has 0 aliphatic heterocycles. The number of nitrogens with zero attached hydrogens (tertiary/aromatic N) is 1. The molecule has 1 aromatic carbocycles. The van der Waals surface area contributed by atoms with Crippen LogP contribution in [0.15, 0.2) is 18.2 Å². The summed E-state index contributed by atoms with van der Waals surface area (Å²) < 4.78 is 17.1. The van der Waals surface area contributed by atoms with E-state index < -0.39 is 5.82 Å². The van der Waals surface area contributed by atoms with E-state index in [1.54, 1.807) is 6.07 Å². The van der Waals surface area contributed by atoms with Gasteiger partial charge in [0.05, 0.1) is 0 Å². The summed E-state index contributed by atoms with van der Waals surface area (Å²) in [5, 5.41) is 15.1. The van der Waals surface area contributed by atoms with Crippen molar-refractivity contribution < 1.29 is 9.04 Å². The second kappa shape index (κ2) is 3.63. The Balaban J connectivity index is 3.12. The molecule has 0 unspecified atom stereocenters. The fourth-order valence-corrected chi connectivity index (χ4v) is 0.756. The first kappa shape index (κ1) is 8.40. The van der Waals surface area contributed by atoms with Gasteiger partial charge in [-0.1, -0.05) is 0 Å². The van der Waals surface area contributed by atoms with E-state index in [4.69, 9.17) is 10.6 Å². The third-order valence-corrected chi connectivity index (χ3v) is 1.25. The number of hydrogen-bond acceptors (Lipinski definition) is 3. The molecule has 12 heavy (non-hydrogen) atoms. The van der Waals surface area contributed by atoms with Crippen LogP contribution in [0.25, 0.3) is 0 Å². The van der Waals surface area contributed by atoms with Crippen LogP contribution in [0.5, 0.6) is 5.75 Å². The van der Waals surface area contributed by atoms with Gasteiger partial charge in [0, 0.05) is 0 Å². The Labute approximate surface area is 69.2 Å². The molecule has 1 rings (SSSR count). The van der Waals surface area contributed by atoms with Crippen LogP contribution in [0.2, 0.25) is 0 Å². The Morgan fingerprint density at radius 2 is 2.33 bits per heavy atom. The van der Waals surface area contributed by atoms with Crippen LogP contribution >= 0.6 is 0 Å². The van der Waals surface area contributed by atoms with Gasteiger partial charge in [-0.3, -0.25) is 0 Å². The van der Waals surface area contributed by atoms with Gasteiger partial charge in [-0.15, -0.1) is 0 Å². The Morgan fingerprint density at radius 1 is 1.58 bits per heavy atom. The number of benzene rings is 1. The first-order valence-corrected chi connectivity index (χ1v) is 3.13. The van der Waals surface area contributed by atoms with Crippen molar-refractivity contribution in [3.05, 3.63) is 29.6 Å². The topological polar surface area (TPSA) is 56.9 Å². The summed E-state index contributed by atoms with van der Waals surface area (Å²) in [6, 6.07) is 5.28. The average molecular weight is 162 g/mol. The van der Waals surface area contributed by atoms with Gasteiger partial charge in [0.25, 0.3) is 0 Å². The monoisotopic (exact) mass is 162 g/mol. The van der Waals surface area contributed by atoms with E-state index in [0.717, 1.165) is 6.07 Å². The molecule has 0 aliphatic rings. The fourth-order valence-electron chi connectivity index (χ4n) is 0.756.